The predicted molar refractivity (Wildman–Crippen MR) is 70.3 cm³/mol. The Kier molecular flexibility index (Phi) is 3.20. The van der Waals surface area contributed by atoms with Crippen molar-refractivity contribution in [3.8, 4) is 5.69 Å². The summed E-state index contributed by atoms with van der Waals surface area (Å²) in [6.07, 6.45) is 0. The Labute approximate surface area is 110 Å². The van der Waals surface area contributed by atoms with Crippen LogP contribution < -0.4 is 0 Å². The van der Waals surface area contributed by atoms with Gasteiger partial charge < -0.3 is 4.57 Å². The zero-order chi connectivity index (χ0) is 11.9. The zero-order valence-corrected chi connectivity index (χ0v) is 11.2. The Morgan fingerprint density at radius 2 is 1.31 bits per heavy atom. The van der Waals surface area contributed by atoms with Gasteiger partial charge in [0.1, 0.15) is 0 Å². The van der Waals surface area contributed by atoms with E-state index in [1.54, 1.807) is 12.1 Å². The Morgan fingerprint density at radius 1 is 0.812 bits per heavy atom. The van der Waals surface area contributed by atoms with Gasteiger partial charge in [-0.3, -0.25) is 0 Å². The van der Waals surface area contributed by atoms with E-state index in [-0.39, 0.29) is 0 Å². The van der Waals surface area contributed by atoms with Crippen LogP contribution >= 0.6 is 34.8 Å². The second kappa shape index (κ2) is 4.33. The summed E-state index contributed by atoms with van der Waals surface area (Å²) in [4.78, 5) is 0. The predicted octanol–water partition coefficient (Wildman–Crippen LogP) is 5.05. The van der Waals surface area contributed by atoms with Crippen LogP contribution in [0.1, 0.15) is 11.4 Å². The maximum absolute atomic E-state index is 6.17. The van der Waals surface area contributed by atoms with Crippen molar-refractivity contribution in [3.05, 3.63) is 50.7 Å². The molecule has 0 amide bonds. The molecule has 0 fully saturated rings. The number of hydrogen-bond acceptors (Lipinski definition) is 0. The smallest absolute Gasteiger partial charge is 0.0662 e. The summed E-state index contributed by atoms with van der Waals surface area (Å²) in [7, 11) is 0. The van der Waals surface area contributed by atoms with Crippen molar-refractivity contribution in [2.75, 3.05) is 0 Å². The van der Waals surface area contributed by atoms with E-state index >= 15 is 0 Å². The van der Waals surface area contributed by atoms with Gasteiger partial charge in [0.25, 0.3) is 0 Å². The SMILES string of the molecule is Cc1ccc(C)n1-c1cc(Cl)c(Cl)cc1Cl. The molecule has 0 aliphatic heterocycles. The highest BCUT2D eigenvalue weighted by Crippen LogP contribution is 2.32. The number of hydrogen-bond donors (Lipinski definition) is 0. The van der Waals surface area contributed by atoms with Crippen LogP contribution in [0.5, 0.6) is 0 Å². The molecule has 1 aromatic heterocycles. The van der Waals surface area contributed by atoms with Crippen LogP contribution in [0.3, 0.4) is 0 Å². The van der Waals surface area contributed by atoms with Crippen molar-refractivity contribution in [3.63, 3.8) is 0 Å². The van der Waals surface area contributed by atoms with Gasteiger partial charge >= 0.3 is 0 Å². The fourth-order valence-electron chi connectivity index (χ4n) is 1.73. The van der Waals surface area contributed by atoms with Crippen LogP contribution in [0.2, 0.25) is 15.1 Å². The number of aromatic nitrogens is 1. The van der Waals surface area contributed by atoms with E-state index in [1.165, 1.54) is 0 Å². The van der Waals surface area contributed by atoms with E-state index < -0.39 is 0 Å². The van der Waals surface area contributed by atoms with Crippen molar-refractivity contribution in [2.45, 2.75) is 13.8 Å². The summed E-state index contributed by atoms with van der Waals surface area (Å²) in [6, 6.07) is 7.52. The van der Waals surface area contributed by atoms with Gasteiger partial charge in [-0.2, -0.15) is 0 Å². The largest absolute Gasteiger partial charge is 0.317 e. The average molecular weight is 275 g/mol. The van der Waals surface area contributed by atoms with Crippen molar-refractivity contribution < 1.29 is 0 Å². The van der Waals surface area contributed by atoms with Crippen molar-refractivity contribution >= 4 is 34.8 Å². The molecule has 16 heavy (non-hydrogen) atoms. The molecule has 84 valence electrons. The first-order valence-corrected chi connectivity index (χ1v) is 5.94. The second-order valence-electron chi connectivity index (χ2n) is 3.67. The van der Waals surface area contributed by atoms with Crippen molar-refractivity contribution in [1.29, 1.82) is 0 Å². The molecule has 2 aromatic rings. The molecule has 0 N–H and O–H groups in total. The Bertz CT molecular complexity index is 524. The first-order valence-electron chi connectivity index (χ1n) is 4.80. The van der Waals surface area contributed by atoms with E-state index in [0.717, 1.165) is 17.1 Å². The molecule has 2 rings (SSSR count). The standard InChI is InChI=1S/C12H10Cl3N/c1-7-3-4-8(2)16(7)12-6-10(14)9(13)5-11(12)15/h3-6H,1-2H3. The van der Waals surface area contributed by atoms with Gasteiger partial charge in [-0.15, -0.1) is 0 Å². The Hall–Kier alpha value is -0.630. The lowest BCUT2D eigenvalue weighted by Crippen LogP contribution is -1.99. The van der Waals surface area contributed by atoms with E-state index in [9.17, 15) is 0 Å². The molecule has 0 radical (unpaired) electrons. The zero-order valence-electron chi connectivity index (χ0n) is 8.89. The summed E-state index contributed by atoms with van der Waals surface area (Å²) in [5, 5.41) is 1.57. The van der Waals surface area contributed by atoms with Crippen LogP contribution in [0.25, 0.3) is 5.69 Å². The third-order valence-electron chi connectivity index (χ3n) is 2.50. The number of benzene rings is 1. The minimum absolute atomic E-state index is 0.470. The van der Waals surface area contributed by atoms with E-state index in [4.69, 9.17) is 34.8 Å². The molecule has 4 heteroatoms. The molecule has 1 aromatic carbocycles. The third-order valence-corrected chi connectivity index (χ3v) is 3.53. The molecule has 0 atom stereocenters. The molecule has 1 nitrogen and oxygen atoms in total. The maximum Gasteiger partial charge on any atom is 0.0662 e. The molecule has 0 aliphatic rings. The van der Waals surface area contributed by atoms with Crippen LogP contribution in [0.15, 0.2) is 24.3 Å². The highest BCUT2D eigenvalue weighted by Gasteiger charge is 2.10. The minimum Gasteiger partial charge on any atom is -0.317 e. The molecule has 0 unspecified atom stereocenters. The topological polar surface area (TPSA) is 4.93 Å². The van der Waals surface area contributed by atoms with Crippen LogP contribution in [-0.2, 0) is 0 Å². The summed E-state index contributed by atoms with van der Waals surface area (Å²) in [5.74, 6) is 0. The molecule has 0 spiro atoms. The van der Waals surface area contributed by atoms with Gasteiger partial charge in [-0.05, 0) is 38.1 Å². The van der Waals surface area contributed by atoms with E-state index in [1.807, 2.05) is 30.5 Å². The summed E-state index contributed by atoms with van der Waals surface area (Å²) in [5.41, 5.74) is 3.08. The second-order valence-corrected chi connectivity index (χ2v) is 4.89. The molecule has 0 saturated carbocycles. The van der Waals surface area contributed by atoms with Crippen LogP contribution in [0, 0.1) is 13.8 Å². The fourth-order valence-corrected chi connectivity index (χ4v) is 2.36. The number of rotatable bonds is 1. The van der Waals surface area contributed by atoms with Gasteiger partial charge in [0.2, 0.25) is 0 Å². The van der Waals surface area contributed by atoms with Gasteiger partial charge in [-0.1, -0.05) is 34.8 Å². The molecule has 0 aliphatic carbocycles. The summed E-state index contributed by atoms with van der Waals surface area (Å²) >= 11 is 18.1. The first-order chi connectivity index (χ1) is 7.50. The molecular weight excluding hydrogens is 264 g/mol. The maximum atomic E-state index is 6.17. The van der Waals surface area contributed by atoms with Gasteiger partial charge in [0, 0.05) is 11.4 Å². The molecule has 0 bridgehead atoms. The summed E-state index contributed by atoms with van der Waals surface area (Å²) in [6.45, 7) is 4.04. The molecule has 0 saturated heterocycles. The monoisotopic (exact) mass is 273 g/mol. The number of aryl methyl sites for hydroxylation is 2. The number of halogens is 3. The summed E-state index contributed by atoms with van der Waals surface area (Å²) < 4.78 is 2.05. The molecular formula is C12H10Cl3N. The Balaban J connectivity index is 2.69. The quantitative estimate of drug-likeness (QED) is 0.641. The average Bonchev–Trinajstić information content (AvgIpc) is 2.53. The highest BCUT2D eigenvalue weighted by atomic mass is 35.5. The lowest BCUT2D eigenvalue weighted by molar-refractivity contribution is 0.966. The lowest BCUT2D eigenvalue weighted by Gasteiger charge is -2.12. The minimum atomic E-state index is 0.470. The van der Waals surface area contributed by atoms with Gasteiger partial charge in [0.15, 0.2) is 0 Å². The fraction of sp³-hybridized carbons (Fsp3) is 0.167. The first kappa shape index (κ1) is 11.8. The lowest BCUT2D eigenvalue weighted by atomic mass is 10.3. The van der Waals surface area contributed by atoms with Crippen molar-refractivity contribution in [1.82, 2.24) is 4.57 Å². The highest BCUT2D eigenvalue weighted by molar-refractivity contribution is 6.43. The van der Waals surface area contributed by atoms with Gasteiger partial charge in [-0.25, -0.2) is 0 Å². The van der Waals surface area contributed by atoms with Crippen LogP contribution in [-0.4, -0.2) is 4.57 Å². The van der Waals surface area contributed by atoms with Crippen LogP contribution in [0.4, 0.5) is 0 Å². The number of nitrogens with zero attached hydrogens (tertiary/aromatic N) is 1. The van der Waals surface area contributed by atoms with Gasteiger partial charge in [0.05, 0.1) is 20.8 Å². The van der Waals surface area contributed by atoms with E-state index in [0.29, 0.717) is 15.1 Å². The van der Waals surface area contributed by atoms with E-state index in [2.05, 4.69) is 0 Å². The van der Waals surface area contributed by atoms with Crippen molar-refractivity contribution in [2.24, 2.45) is 0 Å². The molecule has 1 heterocycles. The normalized spacial score (nSPS) is 10.8. The third kappa shape index (κ3) is 1.95. The Morgan fingerprint density at radius 3 is 1.88 bits per heavy atom.